The van der Waals surface area contributed by atoms with Crippen LogP contribution in [0.15, 0.2) is 188 Å². The highest BCUT2D eigenvalue weighted by Gasteiger charge is 2.37. The van der Waals surface area contributed by atoms with Crippen molar-refractivity contribution in [2.45, 2.75) is 73.6 Å². The smallest absolute Gasteiger partial charge is 0.0520 e. The molecule has 2 heteroatoms. The lowest BCUT2D eigenvalue weighted by atomic mass is 9.79. The molecule has 2 aliphatic rings. The van der Waals surface area contributed by atoms with E-state index in [0.29, 0.717) is 0 Å². The summed E-state index contributed by atoms with van der Waals surface area (Å²) in [5.41, 5.74) is 27.3. The fraction of sp³-hybridized carbons (Fsp3) is 0.175. The van der Waals surface area contributed by atoms with Crippen LogP contribution in [0.5, 0.6) is 0 Å². The van der Waals surface area contributed by atoms with Gasteiger partial charge in [-0.3, -0.25) is 0 Å². The molecule has 0 bridgehead atoms. The average Bonchev–Trinajstić information content (AvgIpc) is 3.54. The molecule has 0 fully saturated rings. The zero-order chi connectivity index (χ0) is 45.0. The van der Waals surface area contributed by atoms with Crippen LogP contribution >= 0.6 is 0 Å². The van der Waals surface area contributed by atoms with Gasteiger partial charge in [0.2, 0.25) is 0 Å². The SMILES string of the molecule is Cc1cc(C)c(N(c2ccc(-c3ccccc3)cc2)c2cc(-c3ccc4c(c3)C(C)(C)C3=C4CCC=C3)cc(N(c3ccc(-c4ccccc4)cc3)c3c(C)cc(C)cc3C)c2)c(C)c1. The molecular weight excluding hydrogens is 785 g/mol. The van der Waals surface area contributed by atoms with Gasteiger partial charge in [-0.1, -0.05) is 158 Å². The molecule has 0 amide bonds. The number of hydrogen-bond donors (Lipinski definition) is 0. The van der Waals surface area contributed by atoms with Gasteiger partial charge in [0.1, 0.15) is 0 Å². The second-order valence-electron chi connectivity index (χ2n) is 18.9. The minimum absolute atomic E-state index is 0.0800. The lowest BCUT2D eigenvalue weighted by Crippen LogP contribution is -2.17. The maximum Gasteiger partial charge on any atom is 0.0520 e. The van der Waals surface area contributed by atoms with Crippen molar-refractivity contribution in [2.24, 2.45) is 0 Å². The Morgan fingerprint density at radius 2 is 0.831 bits per heavy atom. The highest BCUT2D eigenvalue weighted by Crippen LogP contribution is 2.52. The molecule has 8 aromatic rings. The standard InChI is InChI=1S/C63H58N2/c1-41-33-43(3)61(44(4)34-41)64(53-28-23-49(24-29-53)47-17-11-9-12-18-47)55-37-52(51-27-32-58-57-21-15-16-22-59(57)63(7,8)60(58)39-51)38-56(40-55)65(62-45(5)35-42(2)36-46(62)6)54-30-25-50(26-31-54)48-19-13-10-14-20-48/h9-14,16-20,22-40H,15,21H2,1-8H3. The Kier molecular flexibility index (Phi) is 10.8. The lowest BCUT2D eigenvalue weighted by Gasteiger charge is -2.33. The van der Waals surface area contributed by atoms with Crippen LogP contribution in [0.25, 0.3) is 39.0 Å². The largest absolute Gasteiger partial charge is 0.310 e. The molecule has 2 aliphatic carbocycles. The summed E-state index contributed by atoms with van der Waals surface area (Å²) in [6, 6.07) is 63.5. The van der Waals surface area contributed by atoms with E-state index in [1.165, 1.54) is 100 Å². The number of rotatable bonds is 9. The van der Waals surface area contributed by atoms with Gasteiger partial charge in [-0.15, -0.1) is 0 Å². The Morgan fingerprint density at radius 1 is 0.400 bits per heavy atom. The molecule has 10 rings (SSSR count). The first kappa shape index (κ1) is 41.8. The van der Waals surface area contributed by atoms with E-state index >= 15 is 0 Å². The first-order chi connectivity index (χ1) is 31.4. The number of allylic oxidation sites excluding steroid dienone is 4. The van der Waals surface area contributed by atoms with Crippen molar-refractivity contribution < 1.29 is 0 Å². The molecule has 320 valence electrons. The Labute approximate surface area is 386 Å². The van der Waals surface area contributed by atoms with E-state index in [1.54, 1.807) is 0 Å². The molecule has 0 radical (unpaired) electrons. The van der Waals surface area contributed by atoms with Gasteiger partial charge in [-0.05, 0) is 181 Å². The predicted molar refractivity (Wildman–Crippen MR) is 279 cm³/mol. The third-order valence-corrected chi connectivity index (χ3v) is 13.8. The fourth-order valence-corrected chi connectivity index (χ4v) is 10.9. The first-order valence-electron chi connectivity index (χ1n) is 23.2. The van der Waals surface area contributed by atoms with Gasteiger partial charge in [0.05, 0.1) is 11.4 Å². The molecule has 0 spiro atoms. The van der Waals surface area contributed by atoms with Crippen molar-refractivity contribution in [2.75, 3.05) is 9.80 Å². The Morgan fingerprint density at radius 3 is 1.29 bits per heavy atom. The number of anilines is 6. The van der Waals surface area contributed by atoms with Crippen molar-refractivity contribution >= 4 is 39.7 Å². The highest BCUT2D eigenvalue weighted by molar-refractivity contribution is 5.92. The van der Waals surface area contributed by atoms with Crippen molar-refractivity contribution in [1.82, 2.24) is 0 Å². The molecule has 0 heterocycles. The number of nitrogens with zero attached hydrogens (tertiary/aromatic N) is 2. The van der Waals surface area contributed by atoms with E-state index in [4.69, 9.17) is 0 Å². The van der Waals surface area contributed by atoms with E-state index in [9.17, 15) is 0 Å². The molecule has 0 saturated heterocycles. The second kappa shape index (κ2) is 16.8. The summed E-state index contributed by atoms with van der Waals surface area (Å²) >= 11 is 0. The van der Waals surface area contributed by atoms with E-state index in [0.717, 1.165) is 35.6 Å². The van der Waals surface area contributed by atoms with Gasteiger partial charge in [0, 0.05) is 28.2 Å². The van der Waals surface area contributed by atoms with Crippen molar-refractivity contribution in [1.29, 1.82) is 0 Å². The lowest BCUT2D eigenvalue weighted by molar-refractivity contribution is 0.651. The van der Waals surface area contributed by atoms with Gasteiger partial charge in [0.25, 0.3) is 0 Å². The minimum Gasteiger partial charge on any atom is -0.310 e. The number of fused-ring (bicyclic) bond motifs is 2. The second-order valence-corrected chi connectivity index (χ2v) is 18.9. The minimum atomic E-state index is -0.0800. The van der Waals surface area contributed by atoms with Crippen LogP contribution in [-0.4, -0.2) is 0 Å². The van der Waals surface area contributed by atoms with Crippen LogP contribution in [-0.2, 0) is 5.41 Å². The van der Waals surface area contributed by atoms with Crippen LogP contribution in [0.1, 0.15) is 71.2 Å². The maximum atomic E-state index is 2.50. The van der Waals surface area contributed by atoms with Crippen LogP contribution in [0.2, 0.25) is 0 Å². The number of aryl methyl sites for hydroxylation is 6. The predicted octanol–water partition coefficient (Wildman–Crippen LogP) is 17.9. The summed E-state index contributed by atoms with van der Waals surface area (Å²) in [6.07, 6.45) is 6.94. The molecule has 0 N–H and O–H groups in total. The maximum absolute atomic E-state index is 2.50. The van der Waals surface area contributed by atoms with Gasteiger partial charge >= 0.3 is 0 Å². The summed E-state index contributed by atoms with van der Waals surface area (Å²) in [5.74, 6) is 0. The zero-order valence-corrected chi connectivity index (χ0v) is 39.1. The van der Waals surface area contributed by atoms with Gasteiger partial charge in [-0.25, -0.2) is 0 Å². The zero-order valence-electron chi connectivity index (χ0n) is 39.1. The number of benzene rings is 8. The van der Waals surface area contributed by atoms with E-state index in [2.05, 4.69) is 247 Å². The van der Waals surface area contributed by atoms with Gasteiger partial charge in [-0.2, -0.15) is 0 Å². The molecule has 2 nitrogen and oxygen atoms in total. The third-order valence-electron chi connectivity index (χ3n) is 13.8. The topological polar surface area (TPSA) is 6.48 Å². The molecule has 0 aromatic heterocycles. The normalized spacial score (nSPS) is 13.7. The molecule has 8 aromatic carbocycles. The monoisotopic (exact) mass is 842 g/mol. The molecule has 0 atom stereocenters. The van der Waals surface area contributed by atoms with Crippen molar-refractivity contribution in [3.8, 4) is 33.4 Å². The summed E-state index contributed by atoms with van der Waals surface area (Å²) < 4.78 is 0. The van der Waals surface area contributed by atoms with Crippen LogP contribution in [0, 0.1) is 41.5 Å². The molecule has 0 unspecified atom stereocenters. The molecule has 0 saturated carbocycles. The van der Waals surface area contributed by atoms with Gasteiger partial charge < -0.3 is 9.80 Å². The third kappa shape index (κ3) is 7.72. The number of hydrogen-bond acceptors (Lipinski definition) is 2. The summed E-state index contributed by atoms with van der Waals surface area (Å²) in [6.45, 7) is 18.3. The summed E-state index contributed by atoms with van der Waals surface area (Å²) in [7, 11) is 0. The van der Waals surface area contributed by atoms with Crippen LogP contribution < -0.4 is 9.80 Å². The van der Waals surface area contributed by atoms with E-state index in [-0.39, 0.29) is 5.41 Å². The Bertz CT molecular complexity index is 2940. The van der Waals surface area contributed by atoms with Crippen LogP contribution in [0.4, 0.5) is 34.1 Å². The Balaban J connectivity index is 1.23. The molecular formula is C63H58N2. The highest BCUT2D eigenvalue weighted by atomic mass is 15.2. The summed E-state index contributed by atoms with van der Waals surface area (Å²) in [4.78, 5) is 5.00. The fourth-order valence-electron chi connectivity index (χ4n) is 10.9. The molecule has 0 aliphatic heterocycles. The van der Waals surface area contributed by atoms with Crippen molar-refractivity contribution in [3.05, 3.63) is 232 Å². The van der Waals surface area contributed by atoms with Gasteiger partial charge in [0.15, 0.2) is 0 Å². The van der Waals surface area contributed by atoms with E-state index in [1.807, 2.05) is 0 Å². The van der Waals surface area contributed by atoms with Crippen molar-refractivity contribution in [3.63, 3.8) is 0 Å². The van der Waals surface area contributed by atoms with Crippen LogP contribution in [0.3, 0.4) is 0 Å². The average molecular weight is 843 g/mol. The van der Waals surface area contributed by atoms with E-state index < -0.39 is 0 Å². The quantitative estimate of drug-likeness (QED) is 0.143. The molecule has 65 heavy (non-hydrogen) atoms. The first-order valence-corrected chi connectivity index (χ1v) is 23.2. The summed E-state index contributed by atoms with van der Waals surface area (Å²) in [5, 5.41) is 0. The Hall–Kier alpha value is -7.16.